The second kappa shape index (κ2) is 17.5. The van der Waals surface area contributed by atoms with Gasteiger partial charge in [-0.3, -0.25) is 0 Å². The number of H-pyrrole nitrogens is 2. The zero-order chi connectivity index (χ0) is 38.3. The van der Waals surface area contributed by atoms with Crippen LogP contribution in [0.3, 0.4) is 0 Å². The van der Waals surface area contributed by atoms with E-state index in [-0.39, 0.29) is 17.7 Å². The molecular formula is C46H49ClN2O6. The second-order valence-electron chi connectivity index (χ2n) is 14.6. The van der Waals surface area contributed by atoms with Gasteiger partial charge in [0.25, 0.3) is 0 Å². The lowest BCUT2D eigenvalue weighted by atomic mass is 9.81. The van der Waals surface area contributed by atoms with Crippen molar-refractivity contribution in [2.24, 2.45) is 0 Å². The number of ether oxygens (including phenoxy) is 3. The van der Waals surface area contributed by atoms with Gasteiger partial charge in [0.2, 0.25) is 0 Å². The monoisotopic (exact) mass is 760 g/mol. The quantitative estimate of drug-likeness (QED) is 0.0999. The first kappa shape index (κ1) is 38.1. The average Bonchev–Trinajstić information content (AvgIpc) is 3.81. The SMILES string of the molecule is COC(=O)c1ccc2c(C3CCCCC3)c(-c3ccccc3O)[nH]c2c1.COC(=O)c1ccc2c(C3CCCCC3)c(-c3ccccc3OCCCl)[nH]c2c1. The van der Waals surface area contributed by atoms with Gasteiger partial charge in [-0.25, -0.2) is 9.59 Å². The second-order valence-corrected chi connectivity index (χ2v) is 14.9. The zero-order valence-electron chi connectivity index (χ0n) is 31.6. The molecule has 2 aliphatic rings. The Hall–Kier alpha value is -5.21. The average molecular weight is 761 g/mol. The van der Waals surface area contributed by atoms with Gasteiger partial charge < -0.3 is 29.3 Å². The molecule has 3 N–H and O–H groups in total. The number of fused-ring (bicyclic) bond motifs is 2. The highest BCUT2D eigenvalue weighted by Gasteiger charge is 2.27. The Balaban J connectivity index is 0.000000170. The van der Waals surface area contributed by atoms with Crippen LogP contribution in [0.4, 0.5) is 0 Å². The first-order chi connectivity index (χ1) is 26.9. The van der Waals surface area contributed by atoms with E-state index in [4.69, 9.17) is 25.8 Å². The largest absolute Gasteiger partial charge is 0.507 e. The molecule has 0 bridgehead atoms. The lowest BCUT2D eigenvalue weighted by Crippen LogP contribution is -2.06. The summed E-state index contributed by atoms with van der Waals surface area (Å²) in [6.45, 7) is 0.462. The van der Waals surface area contributed by atoms with E-state index < -0.39 is 0 Å². The third-order valence-corrected chi connectivity index (χ3v) is 11.4. The molecule has 2 aromatic heterocycles. The van der Waals surface area contributed by atoms with Gasteiger partial charge in [-0.1, -0.05) is 74.9 Å². The summed E-state index contributed by atoms with van der Waals surface area (Å²) in [4.78, 5) is 31.0. The zero-order valence-corrected chi connectivity index (χ0v) is 32.3. The molecule has 2 aliphatic carbocycles. The summed E-state index contributed by atoms with van der Waals surface area (Å²) in [5.41, 5.74) is 9.43. The summed E-state index contributed by atoms with van der Waals surface area (Å²) in [5, 5.41) is 12.7. The van der Waals surface area contributed by atoms with E-state index in [0.29, 0.717) is 35.4 Å². The predicted octanol–water partition coefficient (Wildman–Crippen LogP) is 11.7. The molecule has 286 valence electrons. The highest BCUT2D eigenvalue weighted by molar-refractivity contribution is 6.18. The molecule has 6 aromatic rings. The Morgan fingerprint density at radius 1 is 0.655 bits per heavy atom. The van der Waals surface area contributed by atoms with Gasteiger partial charge in [-0.05, 0) is 97.2 Å². The number of aromatic nitrogens is 2. The normalized spacial score (nSPS) is 15.0. The molecule has 0 amide bonds. The van der Waals surface area contributed by atoms with Crippen molar-refractivity contribution in [2.75, 3.05) is 26.7 Å². The van der Waals surface area contributed by atoms with Crippen molar-refractivity contribution in [1.82, 2.24) is 9.97 Å². The molecule has 0 aliphatic heterocycles. The minimum absolute atomic E-state index is 0.268. The molecule has 55 heavy (non-hydrogen) atoms. The molecule has 0 radical (unpaired) electrons. The number of rotatable bonds is 9. The summed E-state index contributed by atoms with van der Waals surface area (Å²) in [6, 6.07) is 27.0. The Labute approximate surface area is 327 Å². The van der Waals surface area contributed by atoms with Crippen molar-refractivity contribution in [2.45, 2.75) is 76.0 Å². The van der Waals surface area contributed by atoms with E-state index in [2.05, 4.69) is 16.0 Å². The minimum atomic E-state index is -0.343. The van der Waals surface area contributed by atoms with Crippen LogP contribution < -0.4 is 4.74 Å². The van der Waals surface area contributed by atoms with Crippen molar-refractivity contribution in [1.29, 1.82) is 0 Å². The maximum absolute atomic E-state index is 12.0. The fourth-order valence-electron chi connectivity index (χ4n) is 8.62. The van der Waals surface area contributed by atoms with Gasteiger partial charge in [0.15, 0.2) is 0 Å². The van der Waals surface area contributed by atoms with Gasteiger partial charge >= 0.3 is 11.9 Å². The van der Waals surface area contributed by atoms with E-state index in [0.717, 1.165) is 57.5 Å². The number of carbonyl (C=O) groups excluding carboxylic acids is 2. The molecule has 0 spiro atoms. The number of aromatic hydroxyl groups is 1. The van der Waals surface area contributed by atoms with Gasteiger partial charge in [0.1, 0.15) is 18.1 Å². The Morgan fingerprint density at radius 2 is 1.13 bits per heavy atom. The number of nitrogens with one attached hydrogen (secondary N) is 2. The van der Waals surface area contributed by atoms with Crippen molar-refractivity contribution in [3.63, 3.8) is 0 Å². The van der Waals surface area contributed by atoms with Crippen molar-refractivity contribution in [3.05, 3.63) is 107 Å². The van der Waals surface area contributed by atoms with E-state index in [1.54, 1.807) is 6.07 Å². The van der Waals surface area contributed by atoms with E-state index >= 15 is 0 Å². The molecule has 4 aromatic carbocycles. The Morgan fingerprint density at radius 3 is 1.62 bits per heavy atom. The molecule has 0 unspecified atom stereocenters. The highest BCUT2D eigenvalue weighted by Crippen LogP contribution is 2.46. The summed E-state index contributed by atoms with van der Waals surface area (Å²) >= 11 is 5.85. The van der Waals surface area contributed by atoms with Crippen molar-refractivity contribution < 1.29 is 28.9 Å². The fourth-order valence-corrected chi connectivity index (χ4v) is 8.69. The molecule has 2 saturated carbocycles. The van der Waals surface area contributed by atoms with Crippen LogP contribution in [-0.2, 0) is 9.47 Å². The lowest BCUT2D eigenvalue weighted by molar-refractivity contribution is 0.0592. The van der Waals surface area contributed by atoms with Gasteiger partial charge in [-0.15, -0.1) is 11.6 Å². The van der Waals surface area contributed by atoms with Gasteiger partial charge in [0, 0.05) is 32.9 Å². The summed E-state index contributed by atoms with van der Waals surface area (Å²) in [6.07, 6.45) is 12.2. The third kappa shape index (κ3) is 8.11. The molecule has 8 rings (SSSR count). The van der Waals surface area contributed by atoms with Gasteiger partial charge in [-0.2, -0.15) is 0 Å². The number of methoxy groups -OCH3 is 2. The summed E-state index contributed by atoms with van der Waals surface area (Å²) < 4.78 is 15.7. The number of aromatic amines is 2. The minimum Gasteiger partial charge on any atom is -0.507 e. The van der Waals surface area contributed by atoms with E-state index in [9.17, 15) is 14.7 Å². The maximum atomic E-state index is 12.0. The smallest absolute Gasteiger partial charge is 0.337 e. The predicted molar refractivity (Wildman–Crippen MR) is 220 cm³/mol. The van der Waals surface area contributed by atoms with Crippen LogP contribution in [0, 0.1) is 0 Å². The summed E-state index contributed by atoms with van der Waals surface area (Å²) in [5.74, 6) is 1.83. The van der Waals surface area contributed by atoms with Crippen LogP contribution in [0.2, 0.25) is 0 Å². The van der Waals surface area contributed by atoms with Crippen LogP contribution in [0.1, 0.15) is 108 Å². The van der Waals surface area contributed by atoms with E-state index in [1.807, 2.05) is 72.8 Å². The highest BCUT2D eigenvalue weighted by atomic mass is 35.5. The Bertz CT molecular complexity index is 2280. The topological polar surface area (TPSA) is 114 Å². The van der Waals surface area contributed by atoms with Crippen LogP contribution >= 0.6 is 11.6 Å². The number of alkyl halides is 1. The number of phenols is 1. The summed E-state index contributed by atoms with van der Waals surface area (Å²) in [7, 11) is 2.80. The number of hydrogen-bond donors (Lipinski definition) is 3. The lowest BCUT2D eigenvalue weighted by Gasteiger charge is -2.23. The van der Waals surface area contributed by atoms with Crippen LogP contribution in [0.5, 0.6) is 11.5 Å². The van der Waals surface area contributed by atoms with Gasteiger partial charge in [0.05, 0.1) is 42.6 Å². The molecule has 0 saturated heterocycles. The van der Waals surface area contributed by atoms with Crippen molar-refractivity contribution in [3.8, 4) is 34.0 Å². The molecular weight excluding hydrogens is 712 g/mol. The molecule has 2 heterocycles. The standard InChI is InChI=1S/C24H26ClNO3.C22H23NO3/c1-28-24(27)17-11-12-18-20(15-17)26-23(22(18)16-7-3-2-4-8-16)19-9-5-6-10-21(19)29-14-13-25;1-26-22(25)15-11-12-16-18(13-15)23-21(17-9-5-6-10-19(17)24)20(16)14-7-3-2-4-8-14/h5-6,9-12,15-16,26H,2-4,7-8,13-14H2,1H3;5-6,9-14,23-24H,2-4,7-8H2,1H3. The number of hydrogen-bond acceptors (Lipinski definition) is 6. The number of halogens is 1. The fraction of sp³-hybridized carbons (Fsp3) is 0.348. The first-order valence-electron chi connectivity index (χ1n) is 19.5. The number of para-hydroxylation sites is 2. The molecule has 8 nitrogen and oxygen atoms in total. The maximum Gasteiger partial charge on any atom is 0.337 e. The number of carbonyl (C=O) groups is 2. The third-order valence-electron chi connectivity index (χ3n) is 11.2. The van der Waals surface area contributed by atoms with E-state index in [1.165, 1.54) is 82.1 Å². The number of phenolic OH excluding ortho intramolecular Hbond substituents is 1. The molecule has 0 atom stereocenters. The number of benzene rings is 4. The van der Waals surface area contributed by atoms with Crippen LogP contribution in [0.15, 0.2) is 84.9 Å². The molecule has 2 fully saturated rings. The number of esters is 2. The Kier molecular flexibility index (Phi) is 12.1. The first-order valence-corrected chi connectivity index (χ1v) is 20.0. The van der Waals surface area contributed by atoms with Crippen molar-refractivity contribution >= 4 is 45.3 Å². The van der Waals surface area contributed by atoms with Crippen LogP contribution in [0.25, 0.3) is 44.3 Å². The molecule has 9 heteroatoms. The van der Waals surface area contributed by atoms with Crippen LogP contribution in [-0.4, -0.2) is 53.7 Å².